The molecule has 0 saturated carbocycles. The van der Waals surface area contributed by atoms with E-state index in [1.165, 1.54) is 7.11 Å². The fraction of sp³-hybridized carbons (Fsp3) is 0.417. The molecule has 88 valence electrons. The van der Waals surface area contributed by atoms with Crippen LogP contribution in [0, 0.1) is 0 Å². The molecule has 1 rings (SSSR count). The van der Waals surface area contributed by atoms with Gasteiger partial charge in [0.05, 0.1) is 0 Å². The average Bonchev–Trinajstić information content (AvgIpc) is 2.17. The van der Waals surface area contributed by atoms with Crippen molar-refractivity contribution in [2.75, 3.05) is 7.11 Å². The van der Waals surface area contributed by atoms with Crippen molar-refractivity contribution in [3.05, 3.63) is 35.9 Å². The minimum Gasteiger partial charge on any atom is -0.518 e. The van der Waals surface area contributed by atoms with E-state index in [9.17, 15) is 4.79 Å². The number of rotatable bonds is 4. The Labute approximate surface area is 97.5 Å². The van der Waals surface area contributed by atoms with Crippen molar-refractivity contribution in [2.24, 2.45) is 0 Å². The number of carbonyl (C=O) groups excluding carboxylic acids is 1. The maximum atomic E-state index is 11.9. The van der Waals surface area contributed by atoms with Gasteiger partial charge in [-0.2, -0.15) is 0 Å². The molecule has 0 saturated heterocycles. The van der Waals surface area contributed by atoms with Gasteiger partial charge in [-0.25, -0.2) is 0 Å². The van der Waals surface area contributed by atoms with Gasteiger partial charge >= 0.3 is 5.97 Å². The lowest BCUT2D eigenvalue weighted by molar-refractivity contribution is -0.146. The number of carbonyl (C=O) groups is 1. The second kappa shape index (κ2) is 5.27. The lowest BCUT2D eigenvalue weighted by Gasteiger charge is -2.22. The topological polar surface area (TPSA) is 35.5 Å². The summed E-state index contributed by atoms with van der Waals surface area (Å²) >= 11 is 0. The van der Waals surface area contributed by atoms with Crippen molar-refractivity contribution in [3.63, 3.8) is 0 Å². The minimum atomic E-state index is -1.86. The normalized spacial score (nSPS) is 13.2. The second-order valence-corrected chi connectivity index (χ2v) is 8.99. The predicted octanol–water partition coefficient (Wildman–Crippen LogP) is 2.75. The molecule has 0 heterocycles. The molecule has 1 unspecified atom stereocenters. The summed E-state index contributed by atoms with van der Waals surface area (Å²) in [7, 11) is -0.345. The smallest absolute Gasteiger partial charge is 0.326 e. The van der Waals surface area contributed by atoms with Crippen molar-refractivity contribution < 1.29 is 14.0 Å². The Balaban J connectivity index is 2.80. The van der Waals surface area contributed by atoms with Gasteiger partial charge in [0.2, 0.25) is 8.32 Å². The molecule has 1 aromatic rings. The van der Waals surface area contributed by atoms with E-state index in [0.29, 0.717) is 0 Å². The van der Waals surface area contributed by atoms with Gasteiger partial charge < -0.3 is 9.16 Å². The molecule has 3 nitrogen and oxygen atoms in total. The average molecular weight is 238 g/mol. The molecule has 0 aliphatic carbocycles. The third kappa shape index (κ3) is 3.79. The fourth-order valence-corrected chi connectivity index (χ4v) is 2.06. The zero-order valence-corrected chi connectivity index (χ0v) is 11.2. The van der Waals surface area contributed by atoms with Gasteiger partial charge in [0.15, 0.2) is 6.10 Å². The summed E-state index contributed by atoms with van der Waals surface area (Å²) in [4.78, 5) is 11.9. The highest BCUT2D eigenvalue weighted by atomic mass is 28.4. The number of ether oxygens (including phenoxy) is 1. The molecule has 0 aliphatic heterocycles. The van der Waals surface area contributed by atoms with E-state index in [2.05, 4.69) is 0 Å². The van der Waals surface area contributed by atoms with Crippen LogP contribution in [0.5, 0.6) is 0 Å². The van der Waals surface area contributed by atoms with E-state index in [0.717, 1.165) is 5.56 Å². The summed E-state index contributed by atoms with van der Waals surface area (Å²) in [6.07, 6.45) is -0.618. The number of benzene rings is 1. The van der Waals surface area contributed by atoms with Gasteiger partial charge in [-0.15, -0.1) is 0 Å². The van der Waals surface area contributed by atoms with Crippen LogP contribution in [0.1, 0.15) is 11.7 Å². The largest absolute Gasteiger partial charge is 0.518 e. The SMILES string of the molecule is COC(C(=O)O[Si](C)(C)C)c1ccccc1. The van der Waals surface area contributed by atoms with Crippen LogP contribution in [0.2, 0.25) is 19.6 Å². The van der Waals surface area contributed by atoms with E-state index in [1.54, 1.807) is 0 Å². The van der Waals surface area contributed by atoms with Crippen LogP contribution < -0.4 is 0 Å². The first-order valence-electron chi connectivity index (χ1n) is 5.24. The Morgan fingerprint density at radius 1 is 1.19 bits per heavy atom. The molecular weight excluding hydrogens is 220 g/mol. The van der Waals surface area contributed by atoms with Gasteiger partial charge in [0.1, 0.15) is 0 Å². The van der Waals surface area contributed by atoms with Crippen LogP contribution in [0.25, 0.3) is 0 Å². The Hall–Kier alpha value is -1.13. The van der Waals surface area contributed by atoms with E-state index in [-0.39, 0.29) is 5.97 Å². The highest BCUT2D eigenvalue weighted by Crippen LogP contribution is 2.19. The molecule has 1 atom stereocenters. The van der Waals surface area contributed by atoms with Crippen LogP contribution in [-0.2, 0) is 14.0 Å². The summed E-state index contributed by atoms with van der Waals surface area (Å²) in [6, 6.07) is 9.38. The summed E-state index contributed by atoms with van der Waals surface area (Å²) in [5.74, 6) is -0.298. The maximum Gasteiger partial charge on any atom is 0.326 e. The van der Waals surface area contributed by atoms with Gasteiger partial charge in [-0.05, 0) is 25.2 Å². The third-order valence-electron chi connectivity index (χ3n) is 1.96. The van der Waals surface area contributed by atoms with Gasteiger partial charge in [0.25, 0.3) is 0 Å². The molecule has 0 aromatic heterocycles. The van der Waals surface area contributed by atoms with Gasteiger partial charge in [-0.1, -0.05) is 30.3 Å². The summed E-state index contributed by atoms with van der Waals surface area (Å²) in [6.45, 7) is 5.92. The zero-order chi connectivity index (χ0) is 12.2. The Bertz CT molecular complexity index is 343. The first kappa shape index (κ1) is 12.9. The second-order valence-electron chi connectivity index (χ2n) is 4.56. The van der Waals surface area contributed by atoms with E-state index in [4.69, 9.17) is 9.16 Å². The Morgan fingerprint density at radius 3 is 2.19 bits per heavy atom. The zero-order valence-electron chi connectivity index (χ0n) is 10.2. The predicted molar refractivity (Wildman–Crippen MR) is 65.6 cm³/mol. The fourth-order valence-electron chi connectivity index (χ4n) is 1.35. The van der Waals surface area contributed by atoms with Gasteiger partial charge in [0, 0.05) is 7.11 Å². The van der Waals surface area contributed by atoms with Crippen LogP contribution >= 0.6 is 0 Å². The monoisotopic (exact) mass is 238 g/mol. The first-order valence-corrected chi connectivity index (χ1v) is 8.65. The van der Waals surface area contributed by atoms with Crippen molar-refractivity contribution in [1.82, 2.24) is 0 Å². The van der Waals surface area contributed by atoms with Crippen molar-refractivity contribution >= 4 is 14.3 Å². The molecule has 0 radical (unpaired) electrons. The van der Waals surface area contributed by atoms with Gasteiger partial charge in [-0.3, -0.25) is 4.79 Å². The lowest BCUT2D eigenvalue weighted by Crippen LogP contribution is -2.32. The van der Waals surface area contributed by atoms with E-state index >= 15 is 0 Å². The van der Waals surface area contributed by atoms with E-state index < -0.39 is 14.4 Å². The minimum absolute atomic E-state index is 0.298. The highest BCUT2D eigenvalue weighted by Gasteiger charge is 2.27. The number of hydrogen-bond acceptors (Lipinski definition) is 3. The molecule has 0 spiro atoms. The first-order chi connectivity index (χ1) is 7.44. The Morgan fingerprint density at radius 2 is 1.75 bits per heavy atom. The quantitative estimate of drug-likeness (QED) is 0.757. The van der Waals surface area contributed by atoms with Crippen molar-refractivity contribution in [3.8, 4) is 0 Å². The highest BCUT2D eigenvalue weighted by molar-refractivity contribution is 6.71. The van der Waals surface area contributed by atoms with Crippen LogP contribution in [0.15, 0.2) is 30.3 Å². The van der Waals surface area contributed by atoms with Crippen LogP contribution in [-0.4, -0.2) is 21.4 Å². The maximum absolute atomic E-state index is 11.9. The molecule has 1 aromatic carbocycles. The molecule has 0 amide bonds. The standard InChI is InChI=1S/C12H18O3Si/c1-14-11(10-8-6-5-7-9-10)12(13)15-16(2,3)4/h5-9,11H,1-4H3. The molecule has 0 fully saturated rings. The van der Waals surface area contributed by atoms with Crippen LogP contribution in [0.4, 0.5) is 0 Å². The molecule has 4 heteroatoms. The summed E-state index contributed by atoms with van der Waals surface area (Å²) in [5, 5.41) is 0. The Kier molecular flexibility index (Phi) is 4.26. The van der Waals surface area contributed by atoms with E-state index in [1.807, 2.05) is 50.0 Å². The molecule has 0 aliphatic rings. The number of hydrogen-bond donors (Lipinski definition) is 0. The number of methoxy groups -OCH3 is 1. The lowest BCUT2D eigenvalue weighted by atomic mass is 10.1. The summed E-state index contributed by atoms with van der Waals surface area (Å²) < 4.78 is 10.6. The van der Waals surface area contributed by atoms with Crippen molar-refractivity contribution in [2.45, 2.75) is 25.7 Å². The molecule has 0 N–H and O–H groups in total. The molecular formula is C12H18O3Si. The molecule has 0 bridgehead atoms. The third-order valence-corrected chi connectivity index (χ3v) is 2.77. The van der Waals surface area contributed by atoms with Crippen LogP contribution in [0.3, 0.4) is 0 Å². The summed E-state index contributed by atoms with van der Waals surface area (Å²) in [5.41, 5.74) is 0.827. The molecule has 16 heavy (non-hydrogen) atoms. The van der Waals surface area contributed by atoms with Crippen molar-refractivity contribution in [1.29, 1.82) is 0 Å².